The van der Waals surface area contributed by atoms with E-state index in [1.54, 1.807) is 6.20 Å². The average molecular weight is 242 g/mol. The van der Waals surface area contributed by atoms with Gasteiger partial charge < -0.3 is 4.98 Å². The Morgan fingerprint density at radius 3 is 2.25 bits per heavy atom. The van der Waals surface area contributed by atoms with Crippen LogP contribution in [-0.2, 0) is 4.57 Å². The van der Waals surface area contributed by atoms with Crippen LogP contribution < -0.4 is 29.6 Å². The SMILES string of the molecule is O=[PH+]O.[Na+].[c-]1ncccc1-c1ccccc1. The number of hydrogen-bond donors (Lipinski definition) is 1. The van der Waals surface area contributed by atoms with Crippen molar-refractivity contribution in [1.82, 2.24) is 4.98 Å². The van der Waals surface area contributed by atoms with Crippen molar-refractivity contribution in [2.75, 3.05) is 0 Å². The van der Waals surface area contributed by atoms with Gasteiger partial charge in [0.1, 0.15) is 0 Å². The topological polar surface area (TPSA) is 50.2 Å². The number of pyridine rings is 1. The van der Waals surface area contributed by atoms with E-state index in [2.05, 4.69) is 11.2 Å². The first kappa shape index (κ1) is 15.4. The molecule has 3 nitrogen and oxygen atoms in total. The predicted molar refractivity (Wildman–Crippen MR) is 59.7 cm³/mol. The molecule has 5 heteroatoms. The quantitative estimate of drug-likeness (QED) is 0.415. The maximum Gasteiger partial charge on any atom is 1.00 e. The van der Waals surface area contributed by atoms with E-state index in [1.165, 1.54) is 0 Å². The van der Waals surface area contributed by atoms with Crippen LogP contribution in [0.4, 0.5) is 0 Å². The number of hydrogen-bond acceptors (Lipinski definition) is 2. The van der Waals surface area contributed by atoms with E-state index in [0.717, 1.165) is 11.1 Å². The molecule has 1 heterocycles. The Kier molecular flexibility index (Phi) is 9.30. The van der Waals surface area contributed by atoms with Crippen molar-refractivity contribution in [3.05, 3.63) is 54.9 Å². The first-order valence-electron chi connectivity index (χ1n) is 4.28. The van der Waals surface area contributed by atoms with Crippen molar-refractivity contribution >= 4 is 8.69 Å². The van der Waals surface area contributed by atoms with Crippen LogP contribution in [0.5, 0.6) is 0 Å². The molecule has 0 saturated carbocycles. The van der Waals surface area contributed by atoms with Gasteiger partial charge in [0.25, 0.3) is 0 Å². The summed E-state index contributed by atoms with van der Waals surface area (Å²) in [6, 6.07) is 14.0. The molecule has 0 saturated heterocycles. The van der Waals surface area contributed by atoms with Crippen molar-refractivity contribution < 1.29 is 39.0 Å². The first-order valence-corrected chi connectivity index (χ1v) is 5.13. The summed E-state index contributed by atoms with van der Waals surface area (Å²) >= 11 is 0. The van der Waals surface area contributed by atoms with E-state index in [1.807, 2.05) is 42.5 Å². The largest absolute Gasteiger partial charge is 1.00 e. The van der Waals surface area contributed by atoms with Gasteiger partial charge in [0.05, 0.1) is 0 Å². The molecule has 1 N–H and O–H groups in total. The molecule has 2 rings (SSSR count). The molecular weight excluding hydrogens is 232 g/mol. The minimum atomic E-state index is -1.17. The van der Waals surface area contributed by atoms with Gasteiger partial charge >= 0.3 is 38.2 Å². The predicted octanol–water partition coefficient (Wildman–Crippen LogP) is -0.530. The van der Waals surface area contributed by atoms with Crippen LogP contribution in [0, 0.1) is 6.20 Å². The van der Waals surface area contributed by atoms with Crippen LogP contribution in [0.15, 0.2) is 48.7 Å². The fourth-order valence-electron chi connectivity index (χ4n) is 1.10. The van der Waals surface area contributed by atoms with Gasteiger partial charge in [-0.15, -0.1) is 17.7 Å². The van der Waals surface area contributed by atoms with E-state index in [4.69, 9.17) is 9.46 Å². The summed E-state index contributed by atoms with van der Waals surface area (Å²) in [5, 5.41) is 0. The molecule has 0 fully saturated rings. The Labute approximate surface area is 118 Å². The summed E-state index contributed by atoms with van der Waals surface area (Å²) < 4.78 is 8.51. The molecule has 1 aromatic heterocycles. The van der Waals surface area contributed by atoms with Gasteiger partial charge in [0.2, 0.25) is 0 Å². The average Bonchev–Trinajstić information content (AvgIpc) is 2.32. The molecule has 0 radical (unpaired) electrons. The monoisotopic (exact) mass is 242 g/mol. The Morgan fingerprint density at radius 2 is 1.75 bits per heavy atom. The van der Waals surface area contributed by atoms with E-state index in [9.17, 15) is 0 Å². The zero-order chi connectivity index (χ0) is 10.9. The molecule has 0 amide bonds. The third-order valence-electron chi connectivity index (χ3n) is 1.69. The molecule has 76 valence electrons. The van der Waals surface area contributed by atoms with Gasteiger partial charge in [0.15, 0.2) is 0 Å². The van der Waals surface area contributed by atoms with Gasteiger partial charge in [0, 0.05) is 0 Å². The fraction of sp³-hybridized carbons (Fsp3) is 0. The standard InChI is InChI=1S/C11H8N.Na.HO2P/c1-2-5-10(6-3-1)11-7-4-8-12-9-11;;1-3-2/h1-8H;;3H/q-1;+1;/p+1. The number of benzene rings is 1. The van der Waals surface area contributed by atoms with Crippen LogP contribution in [0.1, 0.15) is 0 Å². The van der Waals surface area contributed by atoms with Crippen molar-refractivity contribution in [2.24, 2.45) is 0 Å². The molecule has 1 aromatic carbocycles. The second kappa shape index (κ2) is 9.64. The maximum absolute atomic E-state index is 8.51. The third-order valence-corrected chi connectivity index (χ3v) is 1.69. The smallest absolute Gasteiger partial charge is 0.360 e. The summed E-state index contributed by atoms with van der Waals surface area (Å²) in [6.07, 6.45) is 4.66. The van der Waals surface area contributed by atoms with E-state index in [-0.39, 0.29) is 29.6 Å². The molecule has 0 aliphatic heterocycles. The van der Waals surface area contributed by atoms with Gasteiger partial charge in [-0.1, -0.05) is 42.1 Å². The summed E-state index contributed by atoms with van der Waals surface area (Å²) in [5.41, 5.74) is 2.20. The van der Waals surface area contributed by atoms with Crippen molar-refractivity contribution in [3.63, 3.8) is 0 Å². The van der Waals surface area contributed by atoms with Crippen LogP contribution in [0.2, 0.25) is 0 Å². The van der Waals surface area contributed by atoms with Crippen molar-refractivity contribution in [1.29, 1.82) is 0 Å². The fourth-order valence-corrected chi connectivity index (χ4v) is 1.10. The van der Waals surface area contributed by atoms with Crippen LogP contribution >= 0.6 is 8.69 Å². The van der Waals surface area contributed by atoms with Crippen LogP contribution in [-0.4, -0.2) is 9.88 Å². The zero-order valence-electron chi connectivity index (χ0n) is 8.92. The zero-order valence-corrected chi connectivity index (χ0v) is 11.9. The molecule has 0 aliphatic rings. The van der Waals surface area contributed by atoms with Crippen molar-refractivity contribution in [3.8, 4) is 11.1 Å². The van der Waals surface area contributed by atoms with E-state index in [0.29, 0.717) is 0 Å². The summed E-state index contributed by atoms with van der Waals surface area (Å²) in [5.74, 6) is 0. The van der Waals surface area contributed by atoms with Crippen LogP contribution in [0.25, 0.3) is 11.1 Å². The second-order valence-corrected chi connectivity index (χ2v) is 2.80. The molecule has 1 unspecified atom stereocenters. The number of rotatable bonds is 1. The Balaban J connectivity index is 0.000000511. The summed E-state index contributed by atoms with van der Waals surface area (Å²) in [4.78, 5) is 11.0. The summed E-state index contributed by atoms with van der Waals surface area (Å²) in [7, 11) is -1.17. The normalized spacial score (nSPS) is 8.56. The molecular formula is C11H10NNaO2P+. The molecule has 16 heavy (non-hydrogen) atoms. The summed E-state index contributed by atoms with van der Waals surface area (Å²) in [6.45, 7) is 0. The van der Waals surface area contributed by atoms with E-state index >= 15 is 0 Å². The Hall–Kier alpha value is -0.570. The number of nitrogens with zero attached hydrogens (tertiary/aromatic N) is 1. The van der Waals surface area contributed by atoms with Crippen molar-refractivity contribution in [2.45, 2.75) is 0 Å². The molecule has 0 aliphatic carbocycles. The van der Waals surface area contributed by atoms with Gasteiger partial charge in [-0.3, -0.25) is 0 Å². The maximum atomic E-state index is 8.51. The van der Waals surface area contributed by atoms with Gasteiger partial charge in [-0.25, -0.2) is 0 Å². The van der Waals surface area contributed by atoms with Gasteiger partial charge in [-0.05, 0) is 10.8 Å². The van der Waals surface area contributed by atoms with E-state index < -0.39 is 8.69 Å². The molecule has 1 atom stereocenters. The Bertz CT molecular complexity index is 360. The third kappa shape index (κ3) is 5.50. The van der Waals surface area contributed by atoms with Crippen LogP contribution in [0.3, 0.4) is 0 Å². The molecule has 0 spiro atoms. The second-order valence-electron chi connectivity index (χ2n) is 2.62. The van der Waals surface area contributed by atoms with Gasteiger partial charge in [-0.2, -0.15) is 4.89 Å². The molecule has 0 bridgehead atoms. The minimum absolute atomic E-state index is 0. The molecule has 2 aromatic rings. The number of aromatic nitrogens is 1. The Morgan fingerprint density at radius 1 is 1.12 bits per heavy atom. The first-order chi connectivity index (χ1) is 7.38. The minimum Gasteiger partial charge on any atom is -0.360 e.